The largest absolute Gasteiger partial charge is 0.457 e. The number of fused-ring (bicyclic) bond motifs is 1. The summed E-state index contributed by atoms with van der Waals surface area (Å²) in [6.45, 7) is 0. The number of halogens is 1. The number of rotatable bonds is 2. The molecular weight excluding hydrogens is 233 g/mol. The Bertz CT molecular complexity index is 648. The topological polar surface area (TPSA) is 42.1 Å². The number of pyridine rings is 1. The molecule has 2 aromatic rings. The van der Waals surface area contributed by atoms with Crippen molar-refractivity contribution < 1.29 is 9.13 Å². The van der Waals surface area contributed by atoms with Gasteiger partial charge in [0.2, 0.25) is 0 Å². The van der Waals surface area contributed by atoms with E-state index in [-0.39, 0.29) is 11.4 Å². The molecule has 0 unspecified atom stereocenters. The summed E-state index contributed by atoms with van der Waals surface area (Å²) in [6, 6.07) is 6.10. The van der Waals surface area contributed by atoms with Crippen molar-refractivity contribution in [1.29, 1.82) is 0 Å². The van der Waals surface area contributed by atoms with Crippen LogP contribution in [0, 0.1) is 5.82 Å². The first-order valence-electron chi connectivity index (χ1n) is 5.91. The number of H-pyrrole nitrogens is 1. The van der Waals surface area contributed by atoms with E-state index in [1.54, 1.807) is 12.1 Å². The SMILES string of the molecule is O=c1cc(Oc2ccc(F)c3c2CCC3)cc[nH]1. The molecule has 0 saturated carbocycles. The molecule has 0 saturated heterocycles. The van der Waals surface area contributed by atoms with Crippen molar-refractivity contribution in [2.45, 2.75) is 19.3 Å². The predicted octanol–water partition coefficient (Wildman–Crippen LogP) is 2.79. The monoisotopic (exact) mass is 245 g/mol. The number of aromatic nitrogens is 1. The maximum atomic E-state index is 13.6. The number of ether oxygens (including phenoxy) is 1. The molecule has 0 radical (unpaired) electrons. The molecule has 1 aliphatic carbocycles. The molecule has 0 fully saturated rings. The lowest BCUT2D eigenvalue weighted by molar-refractivity contribution is 0.473. The number of hydrogen-bond acceptors (Lipinski definition) is 2. The van der Waals surface area contributed by atoms with Crippen LogP contribution in [0.3, 0.4) is 0 Å². The second kappa shape index (κ2) is 4.29. The molecule has 1 aromatic heterocycles. The van der Waals surface area contributed by atoms with E-state index in [0.717, 1.165) is 30.4 Å². The zero-order chi connectivity index (χ0) is 12.5. The fourth-order valence-electron chi connectivity index (χ4n) is 2.34. The van der Waals surface area contributed by atoms with Crippen LogP contribution in [0.4, 0.5) is 4.39 Å². The van der Waals surface area contributed by atoms with Crippen LogP contribution in [0.1, 0.15) is 17.5 Å². The van der Waals surface area contributed by atoms with E-state index in [2.05, 4.69) is 4.98 Å². The van der Waals surface area contributed by atoms with E-state index in [4.69, 9.17) is 4.74 Å². The van der Waals surface area contributed by atoms with Gasteiger partial charge in [-0.3, -0.25) is 4.79 Å². The molecule has 1 aromatic carbocycles. The van der Waals surface area contributed by atoms with E-state index in [1.165, 1.54) is 18.3 Å². The van der Waals surface area contributed by atoms with Gasteiger partial charge < -0.3 is 9.72 Å². The Kier molecular flexibility index (Phi) is 2.63. The van der Waals surface area contributed by atoms with Crippen molar-refractivity contribution in [3.63, 3.8) is 0 Å². The molecule has 18 heavy (non-hydrogen) atoms. The van der Waals surface area contributed by atoms with Crippen molar-refractivity contribution in [3.8, 4) is 11.5 Å². The second-order valence-corrected chi connectivity index (χ2v) is 4.35. The van der Waals surface area contributed by atoms with Gasteiger partial charge in [0.25, 0.3) is 5.56 Å². The van der Waals surface area contributed by atoms with Crippen LogP contribution >= 0.6 is 0 Å². The summed E-state index contributed by atoms with van der Waals surface area (Å²) in [5, 5.41) is 0. The highest BCUT2D eigenvalue weighted by molar-refractivity contribution is 5.45. The van der Waals surface area contributed by atoms with Gasteiger partial charge in [0.1, 0.15) is 17.3 Å². The average Bonchev–Trinajstić information content (AvgIpc) is 2.83. The Balaban J connectivity index is 1.99. The molecule has 3 rings (SSSR count). The second-order valence-electron chi connectivity index (χ2n) is 4.35. The molecule has 0 aliphatic heterocycles. The van der Waals surface area contributed by atoms with Crippen molar-refractivity contribution in [2.75, 3.05) is 0 Å². The lowest BCUT2D eigenvalue weighted by atomic mass is 10.1. The Hall–Kier alpha value is -2.10. The fraction of sp³-hybridized carbons (Fsp3) is 0.214. The zero-order valence-electron chi connectivity index (χ0n) is 9.70. The third-order valence-corrected chi connectivity index (χ3v) is 3.16. The fourth-order valence-corrected chi connectivity index (χ4v) is 2.34. The molecule has 1 N–H and O–H groups in total. The standard InChI is InChI=1S/C14H12FNO2/c15-12-4-5-13(11-3-1-2-10(11)12)18-9-6-7-16-14(17)8-9/h4-8H,1-3H2,(H,16,17). The molecule has 1 heterocycles. The average molecular weight is 245 g/mol. The first kappa shape index (κ1) is 11.0. The Labute approximate surface area is 103 Å². The number of aromatic amines is 1. The van der Waals surface area contributed by atoms with Crippen molar-refractivity contribution in [2.24, 2.45) is 0 Å². The highest BCUT2D eigenvalue weighted by Crippen LogP contribution is 2.34. The summed E-state index contributed by atoms with van der Waals surface area (Å²) in [5.41, 5.74) is 1.46. The smallest absolute Gasteiger partial charge is 0.251 e. The van der Waals surface area contributed by atoms with Crippen molar-refractivity contribution in [1.82, 2.24) is 4.98 Å². The van der Waals surface area contributed by atoms with E-state index in [0.29, 0.717) is 11.5 Å². The summed E-state index contributed by atoms with van der Waals surface area (Å²) < 4.78 is 19.2. The van der Waals surface area contributed by atoms with Gasteiger partial charge in [0.15, 0.2) is 0 Å². The number of hydrogen-bond donors (Lipinski definition) is 1. The van der Waals surface area contributed by atoms with Crippen LogP contribution in [-0.4, -0.2) is 4.98 Å². The minimum Gasteiger partial charge on any atom is -0.457 e. The minimum atomic E-state index is -0.216. The van der Waals surface area contributed by atoms with Gasteiger partial charge in [0, 0.05) is 17.8 Å². The molecule has 0 bridgehead atoms. The maximum absolute atomic E-state index is 13.6. The van der Waals surface area contributed by atoms with Crippen LogP contribution in [0.5, 0.6) is 11.5 Å². The third kappa shape index (κ3) is 1.90. The Morgan fingerprint density at radius 2 is 2.00 bits per heavy atom. The van der Waals surface area contributed by atoms with Gasteiger partial charge in [0.05, 0.1) is 0 Å². The van der Waals surface area contributed by atoms with E-state index in [1.807, 2.05) is 0 Å². The van der Waals surface area contributed by atoms with Gasteiger partial charge in [-0.15, -0.1) is 0 Å². The van der Waals surface area contributed by atoms with E-state index < -0.39 is 0 Å². The lowest BCUT2D eigenvalue weighted by Crippen LogP contribution is -2.03. The molecule has 1 aliphatic rings. The van der Waals surface area contributed by atoms with Gasteiger partial charge in [-0.2, -0.15) is 0 Å². The van der Waals surface area contributed by atoms with Gasteiger partial charge in [-0.05, 0) is 43.0 Å². The van der Waals surface area contributed by atoms with Gasteiger partial charge in [-0.25, -0.2) is 4.39 Å². The Morgan fingerprint density at radius 1 is 1.17 bits per heavy atom. The molecule has 4 heteroatoms. The summed E-state index contributed by atoms with van der Waals surface area (Å²) in [5.74, 6) is 0.953. The molecule has 92 valence electrons. The first-order chi connectivity index (χ1) is 8.74. The van der Waals surface area contributed by atoms with Crippen molar-refractivity contribution in [3.05, 3.63) is 57.8 Å². The highest BCUT2D eigenvalue weighted by atomic mass is 19.1. The van der Waals surface area contributed by atoms with Crippen molar-refractivity contribution >= 4 is 0 Å². The molecule has 0 amide bonds. The van der Waals surface area contributed by atoms with Crippen LogP contribution in [0.25, 0.3) is 0 Å². The first-order valence-corrected chi connectivity index (χ1v) is 5.91. The zero-order valence-corrected chi connectivity index (χ0v) is 9.70. The van der Waals surface area contributed by atoms with Crippen LogP contribution in [0.2, 0.25) is 0 Å². The molecular formula is C14H12FNO2. The van der Waals surface area contributed by atoms with Gasteiger partial charge in [-0.1, -0.05) is 0 Å². The van der Waals surface area contributed by atoms with E-state index >= 15 is 0 Å². The highest BCUT2D eigenvalue weighted by Gasteiger charge is 2.19. The van der Waals surface area contributed by atoms with E-state index in [9.17, 15) is 9.18 Å². The molecule has 0 spiro atoms. The van der Waals surface area contributed by atoms with Crippen LogP contribution < -0.4 is 10.3 Å². The Morgan fingerprint density at radius 3 is 2.83 bits per heavy atom. The predicted molar refractivity (Wildman–Crippen MR) is 65.6 cm³/mol. The summed E-state index contributed by atoms with van der Waals surface area (Å²) in [7, 11) is 0. The summed E-state index contributed by atoms with van der Waals surface area (Å²) >= 11 is 0. The normalized spacial score (nSPS) is 13.4. The van der Waals surface area contributed by atoms with Crippen LogP contribution in [0.15, 0.2) is 35.3 Å². The minimum absolute atomic E-state index is 0.166. The van der Waals surface area contributed by atoms with Gasteiger partial charge >= 0.3 is 0 Å². The number of nitrogens with one attached hydrogen (secondary N) is 1. The summed E-state index contributed by atoms with van der Waals surface area (Å²) in [4.78, 5) is 13.7. The molecule has 0 atom stereocenters. The summed E-state index contributed by atoms with van der Waals surface area (Å²) in [6.07, 6.45) is 4.06. The quantitative estimate of drug-likeness (QED) is 0.884. The third-order valence-electron chi connectivity index (χ3n) is 3.16. The number of benzene rings is 1. The molecule has 3 nitrogen and oxygen atoms in total. The maximum Gasteiger partial charge on any atom is 0.251 e. The van der Waals surface area contributed by atoms with Crippen LogP contribution in [-0.2, 0) is 12.8 Å². The lowest BCUT2D eigenvalue weighted by Gasteiger charge is -2.10.